The van der Waals surface area contributed by atoms with Gasteiger partial charge in [-0.25, -0.2) is 13.1 Å². The third kappa shape index (κ3) is 4.16. The van der Waals surface area contributed by atoms with Crippen molar-refractivity contribution in [1.29, 1.82) is 0 Å². The van der Waals surface area contributed by atoms with Crippen LogP contribution in [-0.4, -0.2) is 59.2 Å². The first-order valence-electron chi connectivity index (χ1n) is 6.52. The minimum Gasteiger partial charge on any atom is -0.497 e. The van der Waals surface area contributed by atoms with Crippen molar-refractivity contribution in [3.05, 3.63) is 24.3 Å². The van der Waals surface area contributed by atoms with E-state index in [1.54, 1.807) is 17.0 Å². The van der Waals surface area contributed by atoms with Crippen molar-refractivity contribution in [3.63, 3.8) is 0 Å². The molecule has 0 spiro atoms. The Morgan fingerprint density at radius 3 is 2.48 bits per heavy atom. The molecule has 0 bridgehead atoms. The monoisotopic (exact) mass is 314 g/mol. The van der Waals surface area contributed by atoms with Crippen LogP contribution in [0.15, 0.2) is 29.2 Å². The summed E-state index contributed by atoms with van der Waals surface area (Å²) in [6.07, 6.45) is 0. The molecule has 1 aromatic rings. The van der Waals surface area contributed by atoms with E-state index in [4.69, 9.17) is 9.47 Å². The highest BCUT2D eigenvalue weighted by molar-refractivity contribution is 7.89. The molecule has 21 heavy (non-hydrogen) atoms. The normalized spacial score (nSPS) is 15.8. The van der Waals surface area contributed by atoms with Gasteiger partial charge in [0.1, 0.15) is 5.75 Å². The lowest BCUT2D eigenvalue weighted by molar-refractivity contribution is -0.133. The predicted octanol–water partition coefficient (Wildman–Crippen LogP) is -0.168. The number of morpholine rings is 1. The topological polar surface area (TPSA) is 84.9 Å². The standard InChI is InChI=1S/C13H18N2O5S/c1-19-11-2-4-12(5-3-11)21(17,18)14-10-13(16)15-6-8-20-9-7-15/h2-5,14H,6-10H2,1H3. The number of amides is 1. The molecule has 0 radical (unpaired) electrons. The Labute approximate surface area is 123 Å². The molecule has 0 unspecified atom stereocenters. The smallest absolute Gasteiger partial charge is 0.241 e. The van der Waals surface area contributed by atoms with Gasteiger partial charge in [0.2, 0.25) is 15.9 Å². The number of carbonyl (C=O) groups is 1. The summed E-state index contributed by atoms with van der Waals surface area (Å²) in [5.74, 6) is 0.314. The van der Waals surface area contributed by atoms with E-state index >= 15 is 0 Å². The molecular formula is C13H18N2O5S. The molecule has 1 saturated heterocycles. The number of sulfonamides is 1. The van der Waals surface area contributed by atoms with Gasteiger partial charge in [-0.1, -0.05) is 0 Å². The average Bonchev–Trinajstić information content (AvgIpc) is 2.53. The van der Waals surface area contributed by atoms with E-state index in [1.807, 2.05) is 0 Å². The molecule has 116 valence electrons. The van der Waals surface area contributed by atoms with E-state index in [9.17, 15) is 13.2 Å². The zero-order valence-electron chi connectivity index (χ0n) is 11.7. The summed E-state index contributed by atoms with van der Waals surface area (Å²) in [5.41, 5.74) is 0. The molecule has 0 atom stereocenters. The third-order valence-electron chi connectivity index (χ3n) is 3.15. The zero-order valence-corrected chi connectivity index (χ0v) is 12.6. The third-order valence-corrected chi connectivity index (χ3v) is 4.56. The number of rotatable bonds is 5. The van der Waals surface area contributed by atoms with Crippen molar-refractivity contribution in [2.75, 3.05) is 40.0 Å². The fourth-order valence-corrected chi connectivity index (χ4v) is 2.89. The Bertz CT molecular complexity index is 579. The maximum Gasteiger partial charge on any atom is 0.241 e. The number of ether oxygens (including phenoxy) is 2. The van der Waals surface area contributed by atoms with Crippen LogP contribution in [0.3, 0.4) is 0 Å². The Morgan fingerprint density at radius 2 is 1.90 bits per heavy atom. The van der Waals surface area contributed by atoms with Crippen LogP contribution in [-0.2, 0) is 19.6 Å². The highest BCUT2D eigenvalue weighted by Crippen LogP contribution is 2.15. The van der Waals surface area contributed by atoms with Crippen molar-refractivity contribution < 1.29 is 22.7 Å². The van der Waals surface area contributed by atoms with Crippen LogP contribution in [0.4, 0.5) is 0 Å². The van der Waals surface area contributed by atoms with Crippen LogP contribution in [0.5, 0.6) is 5.75 Å². The van der Waals surface area contributed by atoms with E-state index in [-0.39, 0.29) is 17.3 Å². The molecule has 1 N–H and O–H groups in total. The summed E-state index contributed by atoms with van der Waals surface area (Å²) < 4.78 is 36.6. The van der Waals surface area contributed by atoms with E-state index in [0.717, 1.165) is 0 Å². The van der Waals surface area contributed by atoms with Crippen molar-refractivity contribution in [2.24, 2.45) is 0 Å². The van der Waals surface area contributed by atoms with Gasteiger partial charge in [-0.3, -0.25) is 4.79 Å². The van der Waals surface area contributed by atoms with Gasteiger partial charge in [0, 0.05) is 13.1 Å². The van der Waals surface area contributed by atoms with Gasteiger partial charge >= 0.3 is 0 Å². The van der Waals surface area contributed by atoms with Gasteiger partial charge in [-0.2, -0.15) is 0 Å². The van der Waals surface area contributed by atoms with Crippen LogP contribution in [0.2, 0.25) is 0 Å². The molecule has 7 nitrogen and oxygen atoms in total. The van der Waals surface area contributed by atoms with Crippen molar-refractivity contribution in [3.8, 4) is 5.75 Å². The zero-order chi connectivity index (χ0) is 15.3. The lowest BCUT2D eigenvalue weighted by Crippen LogP contribution is -2.45. The second-order valence-electron chi connectivity index (χ2n) is 4.49. The Balaban J connectivity index is 1.95. The first kappa shape index (κ1) is 15.7. The van der Waals surface area contributed by atoms with Gasteiger partial charge < -0.3 is 14.4 Å². The summed E-state index contributed by atoms with van der Waals surface area (Å²) >= 11 is 0. The first-order valence-corrected chi connectivity index (χ1v) is 8.00. The number of nitrogens with one attached hydrogen (secondary N) is 1. The molecule has 1 amide bonds. The molecule has 8 heteroatoms. The Hall–Kier alpha value is -1.64. The predicted molar refractivity (Wildman–Crippen MR) is 75.6 cm³/mol. The van der Waals surface area contributed by atoms with Crippen LogP contribution in [0.25, 0.3) is 0 Å². The molecule has 1 aromatic carbocycles. The number of hydrogen-bond donors (Lipinski definition) is 1. The minimum atomic E-state index is -3.70. The SMILES string of the molecule is COc1ccc(S(=O)(=O)NCC(=O)N2CCOCC2)cc1. The lowest BCUT2D eigenvalue weighted by atomic mass is 10.3. The van der Waals surface area contributed by atoms with Gasteiger partial charge in [0.05, 0.1) is 31.8 Å². The molecule has 0 saturated carbocycles. The Kier molecular flexibility index (Phi) is 5.16. The average molecular weight is 314 g/mol. The molecule has 0 aromatic heterocycles. The number of hydrogen-bond acceptors (Lipinski definition) is 5. The number of nitrogens with zero attached hydrogens (tertiary/aromatic N) is 1. The molecule has 1 heterocycles. The summed E-state index contributed by atoms with van der Waals surface area (Å²) in [6.45, 7) is 1.69. The Morgan fingerprint density at radius 1 is 1.29 bits per heavy atom. The number of carbonyl (C=O) groups excluding carboxylic acids is 1. The molecular weight excluding hydrogens is 296 g/mol. The minimum absolute atomic E-state index is 0.0954. The summed E-state index contributed by atoms with van der Waals surface area (Å²) in [6, 6.07) is 5.97. The summed E-state index contributed by atoms with van der Waals surface area (Å²) in [5, 5.41) is 0. The molecule has 1 aliphatic heterocycles. The highest BCUT2D eigenvalue weighted by Gasteiger charge is 2.20. The largest absolute Gasteiger partial charge is 0.497 e. The van der Waals surface area contributed by atoms with Crippen LogP contribution < -0.4 is 9.46 Å². The maximum absolute atomic E-state index is 12.1. The van der Waals surface area contributed by atoms with Crippen molar-refractivity contribution in [1.82, 2.24) is 9.62 Å². The second kappa shape index (κ2) is 6.88. The number of methoxy groups -OCH3 is 1. The molecule has 0 aliphatic carbocycles. The van der Waals surface area contributed by atoms with Gasteiger partial charge in [-0.05, 0) is 24.3 Å². The maximum atomic E-state index is 12.1. The first-order chi connectivity index (χ1) is 10.0. The van der Waals surface area contributed by atoms with Crippen LogP contribution in [0.1, 0.15) is 0 Å². The van der Waals surface area contributed by atoms with E-state index in [2.05, 4.69) is 4.72 Å². The fraction of sp³-hybridized carbons (Fsp3) is 0.462. The van der Waals surface area contributed by atoms with Crippen molar-refractivity contribution in [2.45, 2.75) is 4.90 Å². The molecule has 1 aliphatic rings. The van der Waals surface area contributed by atoms with Crippen LogP contribution >= 0.6 is 0 Å². The van der Waals surface area contributed by atoms with Crippen molar-refractivity contribution >= 4 is 15.9 Å². The second-order valence-corrected chi connectivity index (χ2v) is 6.26. The lowest BCUT2D eigenvalue weighted by Gasteiger charge is -2.26. The van der Waals surface area contributed by atoms with Gasteiger partial charge in [0.25, 0.3) is 0 Å². The van der Waals surface area contributed by atoms with Gasteiger partial charge in [-0.15, -0.1) is 0 Å². The summed E-state index contributed by atoms with van der Waals surface area (Å²) in [7, 11) is -2.20. The van der Waals surface area contributed by atoms with Gasteiger partial charge in [0.15, 0.2) is 0 Å². The van der Waals surface area contributed by atoms with E-state index in [1.165, 1.54) is 19.2 Å². The number of benzene rings is 1. The quantitative estimate of drug-likeness (QED) is 0.816. The highest BCUT2D eigenvalue weighted by atomic mass is 32.2. The summed E-state index contributed by atoms with van der Waals surface area (Å²) in [4.78, 5) is 13.6. The fourth-order valence-electron chi connectivity index (χ4n) is 1.92. The van der Waals surface area contributed by atoms with Crippen LogP contribution in [0, 0.1) is 0 Å². The van der Waals surface area contributed by atoms with E-state index in [0.29, 0.717) is 32.1 Å². The van der Waals surface area contributed by atoms with E-state index < -0.39 is 10.0 Å². The molecule has 1 fully saturated rings. The molecule has 2 rings (SSSR count).